The molecule has 2 heterocycles. The SMILES string of the molecule is COc1ccc(CCN2C(=O)C(O)=C(C(=O)c3ccco3)C2c2ccc(N(C)C)cc2)cc1. The van der Waals surface area contributed by atoms with Gasteiger partial charge in [-0.1, -0.05) is 24.3 Å². The summed E-state index contributed by atoms with van der Waals surface area (Å²) in [5.41, 5.74) is 2.76. The number of carbonyl (C=O) groups excluding carboxylic acids is 2. The Labute approximate surface area is 192 Å². The number of Topliss-reactive ketones (excluding diaryl/α,β-unsaturated/α-hetero) is 1. The molecule has 1 N–H and O–H groups in total. The van der Waals surface area contributed by atoms with Gasteiger partial charge in [0.1, 0.15) is 5.75 Å². The van der Waals surface area contributed by atoms with Crippen molar-refractivity contribution in [2.75, 3.05) is 32.6 Å². The summed E-state index contributed by atoms with van der Waals surface area (Å²) < 4.78 is 10.5. The molecule has 7 nitrogen and oxygen atoms in total. The lowest BCUT2D eigenvalue weighted by atomic mass is 9.94. The van der Waals surface area contributed by atoms with Crippen LogP contribution in [0.3, 0.4) is 0 Å². The lowest BCUT2D eigenvalue weighted by Crippen LogP contribution is -2.33. The molecule has 7 heteroatoms. The van der Waals surface area contributed by atoms with Crippen molar-refractivity contribution in [3.8, 4) is 5.75 Å². The van der Waals surface area contributed by atoms with E-state index in [1.54, 1.807) is 18.1 Å². The van der Waals surface area contributed by atoms with Crippen molar-refractivity contribution in [1.82, 2.24) is 4.90 Å². The Hall–Kier alpha value is -4.00. The average molecular weight is 447 g/mol. The Morgan fingerprint density at radius 3 is 2.36 bits per heavy atom. The van der Waals surface area contributed by atoms with Crippen LogP contribution in [0.4, 0.5) is 5.69 Å². The highest BCUT2D eigenvalue weighted by atomic mass is 16.5. The van der Waals surface area contributed by atoms with Gasteiger partial charge >= 0.3 is 0 Å². The predicted molar refractivity (Wildman–Crippen MR) is 125 cm³/mol. The van der Waals surface area contributed by atoms with Crippen LogP contribution in [-0.2, 0) is 11.2 Å². The number of hydrogen-bond acceptors (Lipinski definition) is 6. The van der Waals surface area contributed by atoms with E-state index in [1.807, 2.05) is 67.5 Å². The molecule has 1 aliphatic heterocycles. The van der Waals surface area contributed by atoms with E-state index in [4.69, 9.17) is 9.15 Å². The molecule has 1 amide bonds. The molecule has 0 fully saturated rings. The van der Waals surface area contributed by atoms with E-state index in [9.17, 15) is 14.7 Å². The van der Waals surface area contributed by atoms with Crippen LogP contribution in [0.25, 0.3) is 0 Å². The zero-order valence-corrected chi connectivity index (χ0v) is 18.8. The van der Waals surface area contributed by atoms with Crippen molar-refractivity contribution >= 4 is 17.4 Å². The molecule has 0 spiro atoms. The molecule has 0 radical (unpaired) electrons. The van der Waals surface area contributed by atoms with Crippen LogP contribution < -0.4 is 9.64 Å². The minimum Gasteiger partial charge on any atom is -0.503 e. The normalized spacial score (nSPS) is 15.8. The number of hydrogen-bond donors (Lipinski definition) is 1. The Kier molecular flexibility index (Phi) is 6.22. The van der Waals surface area contributed by atoms with Crippen LogP contribution in [0.5, 0.6) is 5.75 Å². The topological polar surface area (TPSA) is 83.2 Å². The second-order valence-corrected chi connectivity index (χ2v) is 8.05. The number of benzene rings is 2. The molecule has 0 aliphatic carbocycles. The van der Waals surface area contributed by atoms with Crippen LogP contribution >= 0.6 is 0 Å². The summed E-state index contributed by atoms with van der Waals surface area (Å²) >= 11 is 0. The van der Waals surface area contributed by atoms with Crippen molar-refractivity contribution in [3.63, 3.8) is 0 Å². The number of ether oxygens (including phenoxy) is 1. The number of aliphatic hydroxyl groups is 1. The summed E-state index contributed by atoms with van der Waals surface area (Å²) in [6.07, 6.45) is 1.95. The van der Waals surface area contributed by atoms with E-state index in [2.05, 4.69) is 0 Å². The summed E-state index contributed by atoms with van der Waals surface area (Å²) in [7, 11) is 5.48. The number of carbonyl (C=O) groups is 2. The number of rotatable bonds is 8. The summed E-state index contributed by atoms with van der Waals surface area (Å²) in [5, 5.41) is 10.7. The quantitative estimate of drug-likeness (QED) is 0.523. The maximum Gasteiger partial charge on any atom is 0.290 e. The van der Waals surface area contributed by atoms with Crippen LogP contribution in [-0.4, -0.2) is 49.4 Å². The first-order valence-corrected chi connectivity index (χ1v) is 10.6. The molecular weight excluding hydrogens is 420 g/mol. The van der Waals surface area contributed by atoms with E-state index in [0.29, 0.717) is 13.0 Å². The molecular formula is C26H26N2O5. The van der Waals surface area contributed by atoms with Crippen LogP contribution in [0.15, 0.2) is 82.7 Å². The maximum atomic E-state index is 13.2. The number of aliphatic hydroxyl groups excluding tert-OH is 1. The lowest BCUT2D eigenvalue weighted by molar-refractivity contribution is -0.129. The molecule has 170 valence electrons. The zero-order valence-electron chi connectivity index (χ0n) is 18.8. The molecule has 1 aromatic heterocycles. The van der Waals surface area contributed by atoms with Crippen molar-refractivity contribution in [2.45, 2.75) is 12.5 Å². The number of furan rings is 1. The standard InChI is InChI=1S/C26H26N2O5/c1-27(2)19-10-8-18(9-11-19)23-22(24(29)21-5-4-16-33-21)25(30)26(31)28(23)15-14-17-6-12-20(32-3)13-7-17/h4-13,16,23,30H,14-15H2,1-3H3. The van der Waals surface area contributed by atoms with Gasteiger partial charge in [-0.3, -0.25) is 9.59 Å². The molecule has 2 aromatic carbocycles. The van der Waals surface area contributed by atoms with Crippen molar-refractivity contribution in [3.05, 3.63) is 95.1 Å². The van der Waals surface area contributed by atoms with E-state index in [1.165, 1.54) is 12.3 Å². The third-order valence-corrected chi connectivity index (χ3v) is 5.82. The predicted octanol–water partition coefficient (Wildman–Crippen LogP) is 4.18. The monoisotopic (exact) mass is 446 g/mol. The second kappa shape index (κ2) is 9.24. The van der Waals surface area contributed by atoms with Gasteiger partial charge in [0.25, 0.3) is 5.91 Å². The summed E-state index contributed by atoms with van der Waals surface area (Å²) in [5.74, 6) is -0.774. The third kappa shape index (κ3) is 4.35. The fourth-order valence-corrected chi connectivity index (χ4v) is 4.00. The molecule has 1 atom stereocenters. The summed E-state index contributed by atoms with van der Waals surface area (Å²) in [6.45, 7) is 0.324. The van der Waals surface area contributed by atoms with E-state index >= 15 is 0 Å². The van der Waals surface area contributed by atoms with Crippen LogP contribution in [0.2, 0.25) is 0 Å². The summed E-state index contributed by atoms with van der Waals surface area (Å²) in [4.78, 5) is 29.8. The van der Waals surface area contributed by atoms with Gasteiger partial charge in [-0.2, -0.15) is 0 Å². The Bertz CT molecular complexity index is 1160. The third-order valence-electron chi connectivity index (χ3n) is 5.82. The van der Waals surface area contributed by atoms with E-state index in [-0.39, 0.29) is 11.3 Å². The molecule has 33 heavy (non-hydrogen) atoms. The van der Waals surface area contributed by atoms with Gasteiger partial charge in [0.15, 0.2) is 11.5 Å². The first-order chi connectivity index (χ1) is 15.9. The number of ketones is 1. The highest BCUT2D eigenvalue weighted by Crippen LogP contribution is 2.39. The lowest BCUT2D eigenvalue weighted by Gasteiger charge is -2.27. The van der Waals surface area contributed by atoms with Gasteiger partial charge in [0.05, 0.1) is 25.0 Å². The number of anilines is 1. The minimum absolute atomic E-state index is 0.0299. The van der Waals surface area contributed by atoms with E-state index in [0.717, 1.165) is 22.6 Å². The molecule has 0 saturated carbocycles. The van der Waals surface area contributed by atoms with Gasteiger partial charge in [0, 0.05) is 26.3 Å². The first-order valence-electron chi connectivity index (χ1n) is 10.6. The van der Waals surface area contributed by atoms with Crippen LogP contribution in [0.1, 0.15) is 27.7 Å². The van der Waals surface area contributed by atoms with Gasteiger partial charge < -0.3 is 24.1 Å². The van der Waals surface area contributed by atoms with Gasteiger partial charge in [-0.25, -0.2) is 0 Å². The van der Waals surface area contributed by atoms with E-state index < -0.39 is 23.5 Å². The molecule has 1 aliphatic rings. The number of nitrogens with zero attached hydrogens (tertiary/aromatic N) is 2. The molecule has 0 saturated heterocycles. The number of methoxy groups -OCH3 is 1. The second-order valence-electron chi connectivity index (χ2n) is 8.05. The van der Waals surface area contributed by atoms with Crippen molar-refractivity contribution in [2.24, 2.45) is 0 Å². The smallest absolute Gasteiger partial charge is 0.290 e. The van der Waals surface area contributed by atoms with Gasteiger partial charge in [-0.05, 0) is 53.9 Å². The minimum atomic E-state index is -0.718. The highest BCUT2D eigenvalue weighted by molar-refractivity contribution is 6.15. The Balaban J connectivity index is 1.68. The molecule has 1 unspecified atom stereocenters. The maximum absolute atomic E-state index is 13.2. The Morgan fingerprint density at radius 1 is 1.09 bits per heavy atom. The fourth-order valence-electron chi connectivity index (χ4n) is 4.00. The largest absolute Gasteiger partial charge is 0.503 e. The van der Waals surface area contributed by atoms with Gasteiger partial charge in [0.2, 0.25) is 5.78 Å². The van der Waals surface area contributed by atoms with Crippen LogP contribution in [0, 0.1) is 0 Å². The molecule has 0 bridgehead atoms. The van der Waals surface area contributed by atoms with Crippen molar-refractivity contribution in [1.29, 1.82) is 0 Å². The zero-order chi connectivity index (χ0) is 23.5. The Morgan fingerprint density at radius 2 is 1.79 bits per heavy atom. The van der Waals surface area contributed by atoms with Crippen molar-refractivity contribution < 1.29 is 23.8 Å². The molecule has 4 rings (SSSR count). The molecule has 3 aromatic rings. The average Bonchev–Trinajstić information content (AvgIpc) is 3.45. The summed E-state index contributed by atoms with van der Waals surface area (Å²) in [6, 6.07) is 17.6. The fraction of sp³-hybridized carbons (Fsp3) is 0.231. The first kappa shape index (κ1) is 22.2. The van der Waals surface area contributed by atoms with Gasteiger partial charge in [-0.15, -0.1) is 0 Å². The number of amides is 1. The highest BCUT2D eigenvalue weighted by Gasteiger charge is 2.44.